The molecule has 0 aliphatic heterocycles. The number of benzene rings is 2. The quantitative estimate of drug-likeness (QED) is 0.485. The van der Waals surface area contributed by atoms with E-state index in [1.54, 1.807) is 0 Å². The number of ether oxygens (including phenoxy) is 1. The molecular weight excluding hydrogens is 444 g/mol. The van der Waals surface area contributed by atoms with Crippen molar-refractivity contribution in [1.82, 2.24) is 10.6 Å². The predicted octanol–water partition coefficient (Wildman–Crippen LogP) is 4.70. The standard InChI is InChI=1S/C28H34N2O5/c1-17(2)13-25(27(33)29-19-12-11-18(14-19)15-26(31)32)30-28(34)35-16-24-22-9-5-3-7-20(22)21-8-4-6-10-23(21)24/h3-10,17-19,24-25H,11-16H2,1-2H3,(H,29,33)(H,30,34)(H,31,32)/t18?,19?,25-/m0/s1. The lowest BCUT2D eigenvalue weighted by molar-refractivity contribution is -0.138. The summed E-state index contributed by atoms with van der Waals surface area (Å²) in [4.78, 5) is 36.7. The first kappa shape index (κ1) is 24.8. The average molecular weight is 479 g/mol. The number of carboxylic acids is 1. The van der Waals surface area contributed by atoms with Gasteiger partial charge in [-0.3, -0.25) is 9.59 Å². The SMILES string of the molecule is CC(C)C[C@H](NC(=O)OCC1c2ccccc2-c2ccccc21)C(=O)NC1CCC(CC(=O)O)C1. The third-order valence-corrected chi connectivity index (χ3v) is 7.01. The number of aliphatic carboxylic acids is 1. The molecule has 2 aliphatic rings. The maximum absolute atomic E-state index is 13.0. The zero-order valence-electron chi connectivity index (χ0n) is 20.3. The van der Waals surface area contributed by atoms with Crippen LogP contribution in [0.4, 0.5) is 4.79 Å². The normalized spacial score (nSPS) is 19.6. The molecule has 3 atom stereocenters. The number of carbonyl (C=O) groups is 3. The molecule has 0 saturated heterocycles. The summed E-state index contributed by atoms with van der Waals surface area (Å²) < 4.78 is 5.64. The molecule has 7 heteroatoms. The fraction of sp³-hybridized carbons (Fsp3) is 0.464. The van der Waals surface area contributed by atoms with E-state index in [4.69, 9.17) is 9.84 Å². The summed E-state index contributed by atoms with van der Waals surface area (Å²) in [5, 5.41) is 14.8. The summed E-state index contributed by atoms with van der Waals surface area (Å²) in [5.41, 5.74) is 4.59. The molecule has 4 rings (SSSR count). The van der Waals surface area contributed by atoms with E-state index in [0.29, 0.717) is 12.8 Å². The van der Waals surface area contributed by atoms with Crippen molar-refractivity contribution in [3.8, 4) is 11.1 Å². The zero-order valence-corrected chi connectivity index (χ0v) is 20.3. The number of fused-ring (bicyclic) bond motifs is 3. The molecule has 0 radical (unpaired) electrons. The van der Waals surface area contributed by atoms with E-state index < -0.39 is 18.1 Å². The maximum Gasteiger partial charge on any atom is 0.407 e. The number of amides is 2. The van der Waals surface area contributed by atoms with Gasteiger partial charge in [0.1, 0.15) is 12.6 Å². The molecule has 2 aromatic rings. The lowest BCUT2D eigenvalue weighted by Gasteiger charge is -2.23. The largest absolute Gasteiger partial charge is 0.481 e. The Morgan fingerprint density at radius 2 is 1.63 bits per heavy atom. The summed E-state index contributed by atoms with van der Waals surface area (Å²) in [6.45, 7) is 4.19. The Hall–Kier alpha value is -3.35. The van der Waals surface area contributed by atoms with Crippen LogP contribution in [-0.2, 0) is 14.3 Å². The van der Waals surface area contributed by atoms with E-state index in [1.807, 2.05) is 38.1 Å². The van der Waals surface area contributed by atoms with Crippen molar-refractivity contribution in [2.24, 2.45) is 11.8 Å². The molecule has 1 saturated carbocycles. The minimum Gasteiger partial charge on any atom is -0.481 e. The molecule has 3 N–H and O–H groups in total. The minimum atomic E-state index is -0.809. The number of rotatable bonds is 9. The highest BCUT2D eigenvalue weighted by molar-refractivity contribution is 5.86. The predicted molar refractivity (Wildman–Crippen MR) is 133 cm³/mol. The highest BCUT2D eigenvalue weighted by Crippen LogP contribution is 2.44. The van der Waals surface area contributed by atoms with Crippen LogP contribution in [0.15, 0.2) is 48.5 Å². The zero-order chi connectivity index (χ0) is 24.9. The van der Waals surface area contributed by atoms with Gasteiger partial charge in [0, 0.05) is 18.4 Å². The van der Waals surface area contributed by atoms with Crippen molar-refractivity contribution in [2.75, 3.05) is 6.61 Å². The second-order valence-corrected chi connectivity index (χ2v) is 10.1. The number of alkyl carbamates (subject to hydrolysis) is 1. The third-order valence-electron chi connectivity index (χ3n) is 7.01. The van der Waals surface area contributed by atoms with Gasteiger partial charge in [-0.25, -0.2) is 4.79 Å². The summed E-state index contributed by atoms with van der Waals surface area (Å²) >= 11 is 0. The summed E-state index contributed by atoms with van der Waals surface area (Å²) in [6.07, 6.45) is 2.19. The van der Waals surface area contributed by atoms with Crippen LogP contribution in [0, 0.1) is 11.8 Å². The number of carboxylic acid groups (broad SMARTS) is 1. The molecule has 0 heterocycles. The van der Waals surface area contributed by atoms with Gasteiger partial charge in [0.15, 0.2) is 0 Å². The fourth-order valence-corrected chi connectivity index (χ4v) is 5.43. The minimum absolute atomic E-state index is 0.0461. The molecule has 0 aromatic heterocycles. The summed E-state index contributed by atoms with van der Waals surface area (Å²) in [5.74, 6) is -0.820. The first-order chi connectivity index (χ1) is 16.8. The van der Waals surface area contributed by atoms with Crippen molar-refractivity contribution in [2.45, 2.75) is 64.0 Å². The smallest absolute Gasteiger partial charge is 0.407 e. The number of hydrogen-bond donors (Lipinski definition) is 3. The van der Waals surface area contributed by atoms with Crippen molar-refractivity contribution in [3.05, 3.63) is 59.7 Å². The molecule has 0 bridgehead atoms. The van der Waals surface area contributed by atoms with E-state index >= 15 is 0 Å². The van der Waals surface area contributed by atoms with Crippen molar-refractivity contribution in [1.29, 1.82) is 0 Å². The van der Waals surface area contributed by atoms with Crippen LogP contribution in [0.1, 0.15) is 63.0 Å². The maximum atomic E-state index is 13.0. The number of hydrogen-bond acceptors (Lipinski definition) is 4. The highest BCUT2D eigenvalue weighted by atomic mass is 16.5. The van der Waals surface area contributed by atoms with Gasteiger partial charge in [0.25, 0.3) is 0 Å². The molecule has 7 nitrogen and oxygen atoms in total. The molecule has 35 heavy (non-hydrogen) atoms. The number of nitrogens with one attached hydrogen (secondary N) is 2. The Labute approximate surface area is 206 Å². The van der Waals surface area contributed by atoms with Crippen LogP contribution >= 0.6 is 0 Å². The van der Waals surface area contributed by atoms with Gasteiger partial charge >= 0.3 is 12.1 Å². The van der Waals surface area contributed by atoms with Gasteiger partial charge in [-0.1, -0.05) is 62.4 Å². The molecule has 1 fully saturated rings. The van der Waals surface area contributed by atoms with Crippen LogP contribution in [0.25, 0.3) is 11.1 Å². The Morgan fingerprint density at radius 3 is 2.23 bits per heavy atom. The van der Waals surface area contributed by atoms with Gasteiger partial charge in [-0.15, -0.1) is 0 Å². The van der Waals surface area contributed by atoms with Gasteiger partial charge in [-0.2, -0.15) is 0 Å². The molecular formula is C28H34N2O5. The van der Waals surface area contributed by atoms with E-state index in [1.165, 1.54) is 0 Å². The Balaban J connectivity index is 1.35. The van der Waals surface area contributed by atoms with Crippen LogP contribution < -0.4 is 10.6 Å². The molecule has 2 aliphatic carbocycles. The number of carbonyl (C=O) groups excluding carboxylic acids is 2. The Kier molecular flexibility index (Phi) is 7.73. The molecule has 2 unspecified atom stereocenters. The van der Waals surface area contributed by atoms with Crippen molar-refractivity contribution >= 4 is 18.0 Å². The second kappa shape index (κ2) is 10.9. The third kappa shape index (κ3) is 6.02. The van der Waals surface area contributed by atoms with Gasteiger partial charge < -0.3 is 20.5 Å². The molecule has 0 spiro atoms. The lowest BCUT2D eigenvalue weighted by Crippen LogP contribution is -2.50. The summed E-state index contributed by atoms with van der Waals surface area (Å²) in [7, 11) is 0. The second-order valence-electron chi connectivity index (χ2n) is 10.1. The lowest BCUT2D eigenvalue weighted by atomic mass is 9.98. The van der Waals surface area contributed by atoms with Crippen LogP contribution in [0.5, 0.6) is 0 Å². The Bertz CT molecular complexity index is 1040. The van der Waals surface area contributed by atoms with Crippen LogP contribution in [0.3, 0.4) is 0 Å². The van der Waals surface area contributed by atoms with E-state index in [9.17, 15) is 14.4 Å². The topological polar surface area (TPSA) is 105 Å². The van der Waals surface area contributed by atoms with E-state index in [2.05, 4.69) is 34.9 Å². The van der Waals surface area contributed by atoms with Gasteiger partial charge in [0.05, 0.1) is 0 Å². The molecule has 186 valence electrons. The van der Waals surface area contributed by atoms with E-state index in [0.717, 1.165) is 35.1 Å². The highest BCUT2D eigenvalue weighted by Gasteiger charge is 2.32. The van der Waals surface area contributed by atoms with Crippen LogP contribution in [0.2, 0.25) is 0 Å². The average Bonchev–Trinajstić information content (AvgIpc) is 3.38. The van der Waals surface area contributed by atoms with Crippen LogP contribution in [-0.4, -0.2) is 41.8 Å². The Morgan fingerprint density at radius 1 is 1.00 bits per heavy atom. The molecule has 2 aromatic carbocycles. The first-order valence-electron chi connectivity index (χ1n) is 12.5. The summed E-state index contributed by atoms with van der Waals surface area (Å²) in [6, 6.07) is 15.5. The monoisotopic (exact) mass is 478 g/mol. The molecule has 2 amide bonds. The van der Waals surface area contributed by atoms with E-state index in [-0.39, 0.29) is 42.7 Å². The first-order valence-corrected chi connectivity index (χ1v) is 12.5. The van der Waals surface area contributed by atoms with Crippen molar-refractivity contribution < 1.29 is 24.2 Å². The van der Waals surface area contributed by atoms with Gasteiger partial charge in [0.2, 0.25) is 5.91 Å². The fourth-order valence-electron chi connectivity index (χ4n) is 5.43. The van der Waals surface area contributed by atoms with Gasteiger partial charge in [-0.05, 0) is 59.8 Å². The van der Waals surface area contributed by atoms with Crippen molar-refractivity contribution in [3.63, 3.8) is 0 Å².